The summed E-state index contributed by atoms with van der Waals surface area (Å²) in [5, 5.41) is 18.7. The zero-order valence-electron chi connectivity index (χ0n) is 31.9. The molecule has 1 rings (SSSR count). The van der Waals surface area contributed by atoms with Gasteiger partial charge in [-0.3, -0.25) is 14.6 Å². The predicted octanol–water partition coefficient (Wildman–Crippen LogP) is 4.63. The molecule has 0 aliphatic carbocycles. The largest absolute Gasteiger partial charge is 0.480 e. The van der Waals surface area contributed by atoms with Crippen molar-refractivity contribution in [2.24, 2.45) is 28.3 Å². The van der Waals surface area contributed by atoms with Gasteiger partial charge in [0.1, 0.15) is 18.4 Å². The highest BCUT2D eigenvalue weighted by atomic mass is 16.4. The summed E-state index contributed by atoms with van der Waals surface area (Å²) >= 11 is 0. The lowest BCUT2D eigenvalue weighted by molar-refractivity contribution is -0.139. The van der Waals surface area contributed by atoms with Crippen molar-refractivity contribution in [1.82, 2.24) is 21.3 Å². The third kappa shape index (κ3) is 35.9. The Labute approximate surface area is 300 Å². The van der Waals surface area contributed by atoms with Crippen molar-refractivity contribution in [3.8, 4) is 0 Å². The fourth-order valence-electron chi connectivity index (χ4n) is 3.07. The number of rotatable bonds is 15. The van der Waals surface area contributed by atoms with Gasteiger partial charge in [0.15, 0.2) is 5.96 Å². The monoisotopic (exact) mass is 703 g/mol. The van der Waals surface area contributed by atoms with E-state index in [1.807, 2.05) is 39.0 Å². The summed E-state index contributed by atoms with van der Waals surface area (Å²) < 4.78 is 0. The summed E-state index contributed by atoms with van der Waals surface area (Å²) in [6, 6.07) is 7.33. The molecule has 0 aliphatic heterocycles. The van der Waals surface area contributed by atoms with Crippen LogP contribution in [-0.4, -0.2) is 72.9 Å². The fourth-order valence-corrected chi connectivity index (χ4v) is 3.07. The number of aliphatic carboxylic acids is 1. The predicted molar refractivity (Wildman–Crippen MR) is 206 cm³/mol. The maximum Gasteiger partial charge on any atom is 0.326 e. The summed E-state index contributed by atoms with van der Waals surface area (Å²) in [6.45, 7) is 23.4. The van der Waals surface area contributed by atoms with E-state index in [0.29, 0.717) is 11.9 Å². The molecule has 50 heavy (non-hydrogen) atoms. The van der Waals surface area contributed by atoms with Gasteiger partial charge >= 0.3 is 12.0 Å². The van der Waals surface area contributed by atoms with E-state index in [1.165, 1.54) is 5.56 Å². The van der Waals surface area contributed by atoms with Gasteiger partial charge in [0.05, 0.1) is 13.1 Å². The second kappa shape index (κ2) is 35.4. The number of carbonyl (C=O) groups is 5. The number of carboxylic acid groups (broad SMARTS) is 1. The average molecular weight is 704 g/mol. The second-order valence-electron chi connectivity index (χ2n) is 11.3. The summed E-state index contributed by atoms with van der Waals surface area (Å²) in [4.78, 5) is 61.5. The number of aryl methyl sites for hydroxylation is 1. The number of carbonyl (C=O) groups excluding carboxylic acids is 4. The highest BCUT2D eigenvalue weighted by Crippen LogP contribution is 2.08. The lowest BCUT2D eigenvalue weighted by Crippen LogP contribution is -2.53. The van der Waals surface area contributed by atoms with Crippen LogP contribution in [0.25, 0.3) is 0 Å². The number of nitrogens with zero attached hydrogens (tertiary/aromatic N) is 1. The Morgan fingerprint density at radius 3 is 1.90 bits per heavy atom. The van der Waals surface area contributed by atoms with Crippen molar-refractivity contribution in [2.75, 3.05) is 19.6 Å². The Bertz CT molecular complexity index is 1160. The van der Waals surface area contributed by atoms with Crippen LogP contribution in [0.4, 0.5) is 4.79 Å². The summed E-state index contributed by atoms with van der Waals surface area (Å²) in [5.74, 6) is -1.63. The van der Waals surface area contributed by atoms with Crippen LogP contribution in [0.1, 0.15) is 80.7 Å². The lowest BCUT2D eigenvalue weighted by Gasteiger charge is -2.21. The molecule has 1 aromatic rings. The second-order valence-corrected chi connectivity index (χ2v) is 11.3. The van der Waals surface area contributed by atoms with Gasteiger partial charge in [-0.25, -0.2) is 9.59 Å². The molecule has 2 unspecified atom stereocenters. The topological polar surface area (TPSA) is 218 Å². The number of aliphatic imine (C=N–C) groups is 1. The maximum atomic E-state index is 12.1. The SMILES string of the molecule is C=C/C=C\C(=C/C)CC(NC(=O)NCC(=O)NC(C(=O)NCC=O)C(C)C)C(=O)O.CC.CC(C)C.CCCN=C(N)N.Cc1ccccc1. The van der Waals surface area contributed by atoms with E-state index in [2.05, 4.69) is 72.7 Å². The van der Waals surface area contributed by atoms with Gasteiger partial charge in [0.25, 0.3) is 0 Å². The summed E-state index contributed by atoms with van der Waals surface area (Å²) in [7, 11) is 0. The summed E-state index contributed by atoms with van der Waals surface area (Å²) in [6.07, 6.45) is 8.15. The Kier molecular flexibility index (Phi) is 36.7. The number of hydrogen-bond donors (Lipinski definition) is 7. The summed E-state index contributed by atoms with van der Waals surface area (Å²) in [5.41, 5.74) is 12.0. The van der Waals surface area contributed by atoms with Crippen LogP contribution in [0, 0.1) is 18.8 Å². The third-order valence-corrected chi connectivity index (χ3v) is 5.35. The first-order valence-electron chi connectivity index (χ1n) is 16.8. The lowest BCUT2D eigenvalue weighted by atomic mass is 10.0. The first-order valence-corrected chi connectivity index (χ1v) is 16.8. The number of nitrogens with two attached hydrogens (primary N) is 2. The molecule has 1 aromatic carbocycles. The van der Waals surface area contributed by atoms with Gasteiger partial charge in [0, 0.05) is 13.0 Å². The molecule has 0 aliphatic rings. The molecule has 284 valence electrons. The van der Waals surface area contributed by atoms with Crippen LogP contribution in [0.2, 0.25) is 0 Å². The molecule has 9 N–H and O–H groups in total. The molecule has 0 spiro atoms. The Morgan fingerprint density at radius 2 is 1.54 bits per heavy atom. The molecular weight excluding hydrogens is 638 g/mol. The minimum absolute atomic E-state index is 0.0438. The molecule has 0 saturated carbocycles. The smallest absolute Gasteiger partial charge is 0.326 e. The maximum absolute atomic E-state index is 12.1. The van der Waals surface area contributed by atoms with Crippen molar-refractivity contribution < 1.29 is 29.1 Å². The molecule has 0 radical (unpaired) electrons. The van der Waals surface area contributed by atoms with E-state index >= 15 is 0 Å². The Balaban J connectivity index is -0.000000423. The van der Waals surface area contributed by atoms with Crippen molar-refractivity contribution >= 4 is 36.1 Å². The van der Waals surface area contributed by atoms with Crippen LogP contribution >= 0.6 is 0 Å². The molecule has 0 saturated heterocycles. The van der Waals surface area contributed by atoms with Gasteiger partial charge in [-0.15, -0.1) is 0 Å². The molecule has 13 nitrogen and oxygen atoms in total. The fraction of sp³-hybridized carbons (Fsp3) is 0.514. The van der Waals surface area contributed by atoms with E-state index in [9.17, 15) is 29.1 Å². The normalized spacial score (nSPS) is 11.2. The van der Waals surface area contributed by atoms with Crippen molar-refractivity contribution in [1.29, 1.82) is 0 Å². The van der Waals surface area contributed by atoms with E-state index < -0.39 is 42.4 Å². The number of hydrogen-bond acceptors (Lipinski definition) is 6. The van der Waals surface area contributed by atoms with E-state index in [0.717, 1.165) is 18.9 Å². The number of guanidine groups is 1. The Hall–Kier alpha value is -4.94. The van der Waals surface area contributed by atoms with Gasteiger partial charge in [0.2, 0.25) is 11.8 Å². The van der Waals surface area contributed by atoms with Gasteiger partial charge in [-0.1, -0.05) is 122 Å². The van der Waals surface area contributed by atoms with E-state index in [1.54, 1.807) is 45.1 Å². The minimum atomic E-state index is -1.23. The molecular formula is C37H65N7O6. The zero-order valence-corrected chi connectivity index (χ0v) is 31.9. The van der Waals surface area contributed by atoms with E-state index in [4.69, 9.17) is 11.5 Å². The number of aldehydes is 1. The molecule has 0 bridgehead atoms. The number of urea groups is 1. The number of allylic oxidation sites excluding steroid dienone is 4. The van der Waals surface area contributed by atoms with Crippen LogP contribution in [0.3, 0.4) is 0 Å². The standard InChI is InChI=1S/C20H30N4O6.C7H8.C4H11N3.C4H10.C2H6/c1-5-7-8-14(6-2)11-15(19(28)29)23-20(30)22-12-16(26)24-17(13(3)4)18(27)21-9-10-25;1-7-5-3-2-4-6-7;1-2-3-7-4(5)6;1-4(2)3;1-2/h5-8,10,13,15,17H,1,9,11-12H2,2-4H3,(H,21,27)(H,24,26)(H,28,29)(H2,22,23,30);2-6H,1H3;2-3H2,1H3,(H4,5,6,7);4H,1-3H3;1-2H3/b8-7-,14-6+;;;;. The zero-order chi connectivity index (χ0) is 39.5. The Morgan fingerprint density at radius 1 is 0.980 bits per heavy atom. The molecule has 0 aromatic heterocycles. The molecule has 0 heterocycles. The van der Waals surface area contributed by atoms with Gasteiger partial charge in [-0.2, -0.15) is 0 Å². The molecule has 13 heteroatoms. The van der Waals surface area contributed by atoms with Crippen LogP contribution in [0.5, 0.6) is 0 Å². The number of benzene rings is 1. The number of amides is 4. The average Bonchev–Trinajstić information content (AvgIpc) is 3.06. The first-order chi connectivity index (χ1) is 23.5. The number of nitrogens with one attached hydrogen (secondary N) is 4. The van der Waals surface area contributed by atoms with Crippen molar-refractivity contribution in [3.05, 3.63) is 72.4 Å². The first kappa shape index (κ1) is 51.9. The highest BCUT2D eigenvalue weighted by molar-refractivity contribution is 5.91. The van der Waals surface area contributed by atoms with Crippen LogP contribution in [-0.2, 0) is 19.2 Å². The van der Waals surface area contributed by atoms with Crippen LogP contribution < -0.4 is 32.7 Å². The number of carboxylic acids is 1. The minimum Gasteiger partial charge on any atom is -0.480 e. The van der Waals surface area contributed by atoms with Gasteiger partial charge < -0.3 is 42.6 Å². The van der Waals surface area contributed by atoms with E-state index in [-0.39, 0.29) is 24.8 Å². The molecule has 2 atom stereocenters. The van der Waals surface area contributed by atoms with Gasteiger partial charge in [-0.05, 0) is 37.7 Å². The quantitative estimate of drug-likeness (QED) is 0.0590. The highest BCUT2D eigenvalue weighted by Gasteiger charge is 2.25. The molecule has 0 fully saturated rings. The van der Waals surface area contributed by atoms with Crippen LogP contribution in [0.15, 0.2) is 71.8 Å². The van der Waals surface area contributed by atoms with Crippen molar-refractivity contribution in [3.63, 3.8) is 0 Å². The third-order valence-electron chi connectivity index (χ3n) is 5.35. The van der Waals surface area contributed by atoms with Crippen molar-refractivity contribution in [2.45, 2.75) is 94.2 Å². The molecule has 4 amide bonds.